The van der Waals surface area contributed by atoms with Gasteiger partial charge >= 0.3 is 6.18 Å². The van der Waals surface area contributed by atoms with Crippen LogP contribution in [0.1, 0.15) is 11.1 Å². The number of carbonyl (C=O) groups is 2. The van der Waals surface area contributed by atoms with Crippen LogP contribution < -0.4 is 5.32 Å². The van der Waals surface area contributed by atoms with Gasteiger partial charge in [0.1, 0.15) is 6.73 Å². The lowest BCUT2D eigenvalue weighted by Crippen LogP contribution is -2.38. The molecule has 0 radical (unpaired) electrons. The molecule has 1 aromatic carbocycles. The van der Waals surface area contributed by atoms with Gasteiger partial charge in [0, 0.05) is 6.54 Å². The lowest BCUT2D eigenvalue weighted by atomic mass is 10.1. The van der Waals surface area contributed by atoms with Crippen LogP contribution in [0, 0.1) is 0 Å². The zero-order chi connectivity index (χ0) is 15.2. The molecule has 110 valence electrons. The molecule has 5 nitrogen and oxygen atoms in total. The number of hydrogen-bond donors (Lipinski definition) is 2. The van der Waals surface area contributed by atoms with Crippen molar-refractivity contribution in [1.82, 2.24) is 10.2 Å². The summed E-state index contributed by atoms with van der Waals surface area (Å²) in [4.78, 5) is 22.6. The predicted molar refractivity (Wildman–Crippen MR) is 63.1 cm³/mol. The third-order valence-electron chi connectivity index (χ3n) is 2.51. The highest BCUT2D eigenvalue weighted by molar-refractivity contribution is 5.79. The molecule has 0 bridgehead atoms. The van der Waals surface area contributed by atoms with Crippen LogP contribution in [0.25, 0.3) is 0 Å². The molecule has 0 saturated carbocycles. The fourth-order valence-corrected chi connectivity index (χ4v) is 1.48. The van der Waals surface area contributed by atoms with Gasteiger partial charge in [0.2, 0.25) is 12.3 Å². The minimum absolute atomic E-state index is 0.0476. The average molecular weight is 290 g/mol. The van der Waals surface area contributed by atoms with E-state index >= 15 is 0 Å². The maximum atomic E-state index is 12.4. The summed E-state index contributed by atoms with van der Waals surface area (Å²) in [7, 11) is 0. The topological polar surface area (TPSA) is 69.6 Å². The largest absolute Gasteiger partial charge is 0.416 e. The lowest BCUT2D eigenvalue weighted by molar-refractivity contribution is -0.138. The number of benzene rings is 1. The molecule has 8 heteroatoms. The van der Waals surface area contributed by atoms with Gasteiger partial charge in [0.15, 0.2) is 0 Å². The Morgan fingerprint density at radius 2 is 1.90 bits per heavy atom. The molecule has 1 rings (SSSR count). The molecule has 0 aliphatic carbocycles. The molecule has 0 spiro atoms. The van der Waals surface area contributed by atoms with E-state index in [4.69, 9.17) is 5.11 Å². The molecule has 2 amide bonds. The van der Waals surface area contributed by atoms with E-state index in [1.54, 1.807) is 0 Å². The predicted octanol–water partition coefficient (Wildman–Crippen LogP) is 0.730. The van der Waals surface area contributed by atoms with Crippen LogP contribution in [-0.2, 0) is 22.3 Å². The average Bonchev–Trinajstić information content (AvgIpc) is 2.41. The van der Waals surface area contributed by atoms with Gasteiger partial charge in [-0.25, -0.2) is 0 Å². The number of hydrogen-bond acceptors (Lipinski definition) is 3. The van der Waals surface area contributed by atoms with Crippen LogP contribution in [0.3, 0.4) is 0 Å². The molecule has 0 saturated heterocycles. The monoisotopic (exact) mass is 290 g/mol. The second kappa shape index (κ2) is 6.90. The number of nitrogens with zero attached hydrogens (tertiary/aromatic N) is 1. The SMILES string of the molecule is O=CNCC(=O)N(CO)Cc1ccc(C(F)(F)F)cc1. The summed E-state index contributed by atoms with van der Waals surface area (Å²) in [5.74, 6) is -0.542. The Hall–Kier alpha value is -2.09. The normalized spacial score (nSPS) is 11.0. The maximum Gasteiger partial charge on any atom is 0.416 e. The Kier molecular flexibility index (Phi) is 5.51. The van der Waals surface area contributed by atoms with Crippen LogP contribution in [0.15, 0.2) is 24.3 Å². The van der Waals surface area contributed by atoms with E-state index in [9.17, 15) is 22.8 Å². The Bertz CT molecular complexity index is 460. The number of aliphatic hydroxyl groups is 1. The summed E-state index contributed by atoms with van der Waals surface area (Å²) in [6.45, 7) is -0.931. The third-order valence-corrected chi connectivity index (χ3v) is 2.51. The van der Waals surface area contributed by atoms with Crippen molar-refractivity contribution in [3.05, 3.63) is 35.4 Å². The van der Waals surface area contributed by atoms with Gasteiger partial charge in [-0.2, -0.15) is 13.2 Å². The molecule has 2 N–H and O–H groups in total. The van der Waals surface area contributed by atoms with E-state index in [-0.39, 0.29) is 13.1 Å². The van der Waals surface area contributed by atoms with Crippen LogP contribution in [0.5, 0.6) is 0 Å². The van der Waals surface area contributed by atoms with Gasteiger partial charge in [-0.05, 0) is 17.7 Å². The number of nitrogens with one attached hydrogen (secondary N) is 1. The fraction of sp³-hybridized carbons (Fsp3) is 0.333. The van der Waals surface area contributed by atoms with Gasteiger partial charge in [0.05, 0.1) is 12.1 Å². The van der Waals surface area contributed by atoms with Crippen LogP contribution in [-0.4, -0.2) is 35.6 Å². The van der Waals surface area contributed by atoms with Crippen molar-refractivity contribution in [1.29, 1.82) is 0 Å². The Balaban J connectivity index is 2.71. The van der Waals surface area contributed by atoms with E-state index in [1.165, 1.54) is 12.1 Å². The first-order chi connectivity index (χ1) is 9.38. The van der Waals surface area contributed by atoms with E-state index in [1.807, 2.05) is 0 Å². The second-order valence-electron chi connectivity index (χ2n) is 3.93. The molecule has 0 aliphatic rings. The van der Waals surface area contributed by atoms with Crippen molar-refractivity contribution < 1.29 is 27.9 Å². The van der Waals surface area contributed by atoms with Crippen molar-refractivity contribution in [2.75, 3.05) is 13.3 Å². The summed E-state index contributed by atoms with van der Waals surface area (Å²) >= 11 is 0. The second-order valence-corrected chi connectivity index (χ2v) is 3.93. The quantitative estimate of drug-likeness (QED) is 0.599. The molecular formula is C12H13F3N2O3. The number of amides is 2. The van der Waals surface area contributed by atoms with Gasteiger partial charge in [0.25, 0.3) is 0 Å². The highest BCUT2D eigenvalue weighted by Gasteiger charge is 2.30. The number of rotatable bonds is 6. The first kappa shape index (κ1) is 16.0. The molecule has 20 heavy (non-hydrogen) atoms. The molecule has 0 aromatic heterocycles. The molecule has 0 fully saturated rings. The number of halogens is 3. The number of carbonyl (C=O) groups excluding carboxylic acids is 2. The molecular weight excluding hydrogens is 277 g/mol. The first-order valence-electron chi connectivity index (χ1n) is 5.60. The zero-order valence-corrected chi connectivity index (χ0v) is 10.4. The summed E-state index contributed by atoms with van der Waals surface area (Å²) in [6.07, 6.45) is -4.08. The standard InChI is InChI=1S/C12H13F3N2O3/c13-12(14,15)10-3-1-9(2-4-10)6-17(8-19)11(20)5-16-7-18/h1-4,7,19H,5-6,8H2,(H,16,18). The Morgan fingerprint density at radius 1 is 1.30 bits per heavy atom. The summed E-state index contributed by atoms with van der Waals surface area (Å²) < 4.78 is 37.1. The van der Waals surface area contributed by atoms with Gasteiger partial charge in [-0.1, -0.05) is 12.1 Å². The minimum atomic E-state index is -4.42. The van der Waals surface area contributed by atoms with E-state index in [0.29, 0.717) is 12.0 Å². The summed E-state index contributed by atoms with van der Waals surface area (Å²) in [6, 6.07) is 4.26. The van der Waals surface area contributed by atoms with Crippen molar-refractivity contribution in [2.24, 2.45) is 0 Å². The van der Waals surface area contributed by atoms with Gasteiger partial charge in [-0.15, -0.1) is 0 Å². The molecule has 0 aliphatic heterocycles. The van der Waals surface area contributed by atoms with Crippen molar-refractivity contribution in [3.63, 3.8) is 0 Å². The molecule has 0 heterocycles. The molecule has 0 atom stereocenters. The first-order valence-corrected chi connectivity index (χ1v) is 5.60. The van der Waals surface area contributed by atoms with Gasteiger partial charge < -0.3 is 15.3 Å². The minimum Gasteiger partial charge on any atom is -0.376 e. The highest BCUT2D eigenvalue weighted by Crippen LogP contribution is 2.29. The Labute approximate surface area is 113 Å². The fourth-order valence-electron chi connectivity index (χ4n) is 1.48. The summed E-state index contributed by atoms with van der Waals surface area (Å²) in [5, 5.41) is 11.2. The zero-order valence-electron chi connectivity index (χ0n) is 10.4. The van der Waals surface area contributed by atoms with Crippen LogP contribution in [0.2, 0.25) is 0 Å². The van der Waals surface area contributed by atoms with Gasteiger partial charge in [-0.3, -0.25) is 9.59 Å². The van der Waals surface area contributed by atoms with E-state index in [2.05, 4.69) is 5.32 Å². The van der Waals surface area contributed by atoms with E-state index < -0.39 is 24.4 Å². The molecule has 0 unspecified atom stereocenters. The third kappa shape index (κ3) is 4.54. The smallest absolute Gasteiger partial charge is 0.376 e. The van der Waals surface area contributed by atoms with Crippen LogP contribution in [0.4, 0.5) is 13.2 Å². The molecule has 1 aromatic rings. The van der Waals surface area contributed by atoms with Crippen molar-refractivity contribution in [3.8, 4) is 0 Å². The maximum absolute atomic E-state index is 12.4. The summed E-state index contributed by atoms with van der Waals surface area (Å²) in [5.41, 5.74) is -0.350. The highest BCUT2D eigenvalue weighted by atomic mass is 19.4. The Morgan fingerprint density at radius 3 is 2.35 bits per heavy atom. The number of aliphatic hydroxyl groups excluding tert-OH is 1. The number of alkyl halides is 3. The van der Waals surface area contributed by atoms with E-state index in [0.717, 1.165) is 17.0 Å². The lowest BCUT2D eigenvalue weighted by Gasteiger charge is -2.20. The van der Waals surface area contributed by atoms with Crippen LogP contribution >= 0.6 is 0 Å². The van der Waals surface area contributed by atoms with Crippen molar-refractivity contribution >= 4 is 12.3 Å². The van der Waals surface area contributed by atoms with Crippen molar-refractivity contribution in [2.45, 2.75) is 12.7 Å².